The fraction of sp³-hybridized carbons (Fsp3) is 0.600. The molecule has 0 aliphatic rings. The van der Waals surface area contributed by atoms with Gasteiger partial charge in [-0.05, 0) is 35.8 Å². The number of rotatable bonds is 7. The lowest BCUT2D eigenvalue weighted by Crippen LogP contribution is -2.41. The van der Waals surface area contributed by atoms with Gasteiger partial charge in [0.2, 0.25) is 0 Å². The highest BCUT2D eigenvalue weighted by molar-refractivity contribution is 6.73. The van der Waals surface area contributed by atoms with E-state index in [2.05, 4.69) is 0 Å². The van der Waals surface area contributed by atoms with Crippen LogP contribution in [0.5, 0.6) is 5.75 Å². The fourth-order valence-corrected chi connectivity index (χ4v) is 5.12. The van der Waals surface area contributed by atoms with E-state index >= 15 is 0 Å². The second kappa shape index (κ2) is 7.31. The van der Waals surface area contributed by atoms with Gasteiger partial charge in [-0.2, -0.15) is 13.2 Å². The van der Waals surface area contributed by atoms with Crippen LogP contribution < -0.4 is 4.74 Å². The number of benzene rings is 1. The molecule has 0 spiro atoms. The number of halogens is 3. The van der Waals surface area contributed by atoms with E-state index in [1.807, 2.05) is 20.8 Å². The minimum atomic E-state index is -4.41. The highest BCUT2D eigenvalue weighted by Gasteiger charge is 2.46. The van der Waals surface area contributed by atoms with Crippen LogP contribution in [0.15, 0.2) is 24.3 Å². The van der Waals surface area contributed by atoms with Crippen LogP contribution >= 0.6 is 0 Å². The molecule has 6 heteroatoms. The van der Waals surface area contributed by atoms with Crippen molar-refractivity contribution in [3.05, 3.63) is 29.8 Å². The average Bonchev–Trinajstić information content (AvgIpc) is 2.48. The summed E-state index contributed by atoms with van der Waals surface area (Å²) in [5.74, 6) is 0.532. The second-order valence-electron chi connectivity index (χ2n) is 5.06. The van der Waals surface area contributed by atoms with Crippen LogP contribution in [-0.4, -0.2) is 21.6 Å². The number of ether oxygens (including phenoxy) is 1. The highest BCUT2D eigenvalue weighted by atomic mass is 28.4. The second-order valence-corrected chi connectivity index (χ2v) is 9.78. The molecule has 1 aromatic carbocycles. The van der Waals surface area contributed by atoms with Crippen LogP contribution in [0.4, 0.5) is 13.2 Å². The van der Waals surface area contributed by atoms with Crippen LogP contribution in [-0.2, 0) is 4.43 Å². The van der Waals surface area contributed by atoms with E-state index in [1.165, 1.54) is 31.4 Å². The smallest absolute Gasteiger partial charge is 0.417 e. The Morgan fingerprint density at radius 3 is 1.81 bits per heavy atom. The standard InChI is InChI=1S/C15H23F3O2Si/c1-5-21(6-2,7-3)20-14(15(16,17)18)12-8-10-13(19-4)11-9-12/h8-11,14H,5-7H2,1-4H3. The van der Waals surface area contributed by atoms with E-state index in [-0.39, 0.29) is 5.56 Å². The molecule has 2 nitrogen and oxygen atoms in total. The lowest BCUT2D eigenvalue weighted by atomic mass is 10.1. The van der Waals surface area contributed by atoms with Gasteiger partial charge in [0.25, 0.3) is 0 Å². The van der Waals surface area contributed by atoms with E-state index in [0.717, 1.165) is 0 Å². The largest absolute Gasteiger partial charge is 0.497 e. The number of methoxy groups -OCH3 is 1. The number of hydrogen-bond acceptors (Lipinski definition) is 2. The van der Waals surface area contributed by atoms with Crippen molar-refractivity contribution in [3.63, 3.8) is 0 Å². The molecule has 1 unspecified atom stereocenters. The SMILES string of the molecule is CC[Si](CC)(CC)OC(c1ccc(OC)cc1)C(F)(F)F. The van der Waals surface area contributed by atoms with Gasteiger partial charge in [-0.3, -0.25) is 0 Å². The first-order valence-corrected chi connectivity index (χ1v) is 9.73. The summed E-state index contributed by atoms with van der Waals surface area (Å²) >= 11 is 0. The van der Waals surface area contributed by atoms with Gasteiger partial charge in [-0.15, -0.1) is 0 Å². The molecule has 0 aliphatic carbocycles. The molecule has 21 heavy (non-hydrogen) atoms. The van der Waals surface area contributed by atoms with Gasteiger partial charge in [-0.25, -0.2) is 0 Å². The Hall–Kier alpha value is -1.01. The Bertz CT molecular complexity index is 419. The summed E-state index contributed by atoms with van der Waals surface area (Å²) < 4.78 is 50.8. The Labute approximate surface area is 125 Å². The van der Waals surface area contributed by atoms with E-state index in [0.29, 0.717) is 23.9 Å². The molecule has 0 bridgehead atoms. The van der Waals surface area contributed by atoms with Gasteiger partial charge in [0.05, 0.1) is 7.11 Å². The van der Waals surface area contributed by atoms with Crippen molar-refractivity contribution in [2.45, 2.75) is 51.2 Å². The minimum absolute atomic E-state index is 0.135. The van der Waals surface area contributed by atoms with Gasteiger partial charge < -0.3 is 9.16 Å². The Morgan fingerprint density at radius 2 is 1.48 bits per heavy atom. The molecule has 1 atom stereocenters. The summed E-state index contributed by atoms with van der Waals surface area (Å²) in [6.07, 6.45) is -6.26. The summed E-state index contributed by atoms with van der Waals surface area (Å²) in [6.45, 7) is 5.75. The molecule has 0 aliphatic heterocycles. The van der Waals surface area contributed by atoms with E-state index in [4.69, 9.17) is 9.16 Å². The first-order valence-electron chi connectivity index (χ1n) is 7.20. The summed E-state index contributed by atoms with van der Waals surface area (Å²) in [5, 5.41) is 0. The molecule has 120 valence electrons. The zero-order chi connectivity index (χ0) is 16.1. The minimum Gasteiger partial charge on any atom is -0.497 e. The molecule has 1 aromatic rings. The van der Waals surface area contributed by atoms with E-state index < -0.39 is 20.6 Å². The van der Waals surface area contributed by atoms with E-state index in [9.17, 15) is 13.2 Å². The fourth-order valence-electron chi connectivity index (χ4n) is 2.35. The molecular formula is C15H23F3O2Si. The van der Waals surface area contributed by atoms with Crippen molar-refractivity contribution in [2.24, 2.45) is 0 Å². The van der Waals surface area contributed by atoms with E-state index in [1.54, 1.807) is 0 Å². The van der Waals surface area contributed by atoms with Crippen LogP contribution in [0.2, 0.25) is 18.1 Å². The monoisotopic (exact) mass is 320 g/mol. The third-order valence-electron chi connectivity index (χ3n) is 4.02. The summed E-state index contributed by atoms with van der Waals surface area (Å²) in [7, 11) is -0.864. The molecular weight excluding hydrogens is 297 g/mol. The lowest BCUT2D eigenvalue weighted by Gasteiger charge is -2.34. The Balaban J connectivity index is 3.11. The molecule has 0 fully saturated rings. The van der Waals surface area contributed by atoms with Crippen molar-refractivity contribution in [1.82, 2.24) is 0 Å². The first kappa shape index (κ1) is 18.0. The molecule has 0 heterocycles. The molecule has 0 radical (unpaired) electrons. The molecule has 0 amide bonds. The third kappa shape index (κ3) is 4.48. The van der Waals surface area contributed by atoms with Crippen LogP contribution in [0.1, 0.15) is 32.4 Å². The molecule has 0 saturated carbocycles. The van der Waals surface area contributed by atoms with Crippen molar-refractivity contribution in [1.29, 1.82) is 0 Å². The van der Waals surface area contributed by atoms with Gasteiger partial charge in [-0.1, -0.05) is 32.9 Å². The van der Waals surface area contributed by atoms with Crippen LogP contribution in [0.25, 0.3) is 0 Å². The quantitative estimate of drug-likeness (QED) is 0.633. The Morgan fingerprint density at radius 1 is 1.00 bits per heavy atom. The number of alkyl halides is 3. The van der Waals surface area contributed by atoms with Crippen molar-refractivity contribution in [3.8, 4) is 5.75 Å². The summed E-state index contributed by atoms with van der Waals surface area (Å²) in [6, 6.07) is 7.97. The topological polar surface area (TPSA) is 18.5 Å². The summed E-state index contributed by atoms with van der Waals surface area (Å²) in [5.41, 5.74) is 0.135. The van der Waals surface area contributed by atoms with Crippen molar-refractivity contribution in [2.75, 3.05) is 7.11 Å². The zero-order valence-electron chi connectivity index (χ0n) is 13.0. The molecule has 0 saturated heterocycles. The summed E-state index contributed by atoms with van der Waals surface area (Å²) in [4.78, 5) is 0. The maximum atomic E-state index is 13.4. The van der Waals surface area contributed by atoms with Gasteiger partial charge >= 0.3 is 6.18 Å². The van der Waals surface area contributed by atoms with Crippen molar-refractivity contribution >= 4 is 8.32 Å². The van der Waals surface area contributed by atoms with Gasteiger partial charge in [0, 0.05) is 0 Å². The predicted molar refractivity (Wildman–Crippen MR) is 80.1 cm³/mol. The van der Waals surface area contributed by atoms with Crippen LogP contribution in [0, 0.1) is 0 Å². The maximum Gasteiger partial charge on any atom is 0.417 e. The third-order valence-corrected chi connectivity index (χ3v) is 8.62. The van der Waals surface area contributed by atoms with Crippen molar-refractivity contribution < 1.29 is 22.3 Å². The van der Waals surface area contributed by atoms with Gasteiger partial charge in [0.1, 0.15) is 5.75 Å². The highest BCUT2D eigenvalue weighted by Crippen LogP contribution is 2.40. The van der Waals surface area contributed by atoms with Crippen LogP contribution in [0.3, 0.4) is 0 Å². The molecule has 0 aromatic heterocycles. The predicted octanol–water partition coefficient (Wildman–Crippen LogP) is 5.32. The Kier molecular flexibility index (Phi) is 6.28. The normalized spacial score (nSPS) is 14.0. The number of hydrogen-bond donors (Lipinski definition) is 0. The first-order chi connectivity index (χ1) is 9.81. The molecule has 1 rings (SSSR count). The lowest BCUT2D eigenvalue weighted by molar-refractivity contribution is -0.201. The zero-order valence-corrected chi connectivity index (χ0v) is 14.0. The maximum absolute atomic E-state index is 13.4. The molecule has 0 N–H and O–H groups in total. The average molecular weight is 320 g/mol. The van der Waals surface area contributed by atoms with Gasteiger partial charge in [0.15, 0.2) is 14.4 Å².